The second-order valence-corrected chi connectivity index (χ2v) is 16.0. The first kappa shape index (κ1) is 35.7. The summed E-state index contributed by atoms with van der Waals surface area (Å²) in [4.78, 5) is 70.0. The molecule has 3 fully saturated rings. The lowest BCUT2D eigenvalue weighted by Crippen LogP contribution is -2.43. The maximum absolute atomic E-state index is 14.8. The topological polar surface area (TPSA) is 147 Å². The summed E-state index contributed by atoms with van der Waals surface area (Å²) in [6, 6.07) is 34.3. The minimum absolute atomic E-state index is 0.0284. The van der Waals surface area contributed by atoms with E-state index in [4.69, 9.17) is 8.83 Å². The minimum atomic E-state index is -0.846. The summed E-state index contributed by atoms with van der Waals surface area (Å²) >= 11 is 0. The number of anilines is 2. The lowest BCUT2D eigenvalue weighted by Gasteiger charge is -2.44. The Hall–Kier alpha value is -7.40. The summed E-state index contributed by atoms with van der Waals surface area (Å²) in [6.45, 7) is 3.85. The van der Waals surface area contributed by atoms with Crippen LogP contribution in [-0.4, -0.2) is 38.7 Å². The van der Waals surface area contributed by atoms with Crippen molar-refractivity contribution in [1.82, 2.24) is 9.97 Å². The molecule has 11 rings (SSSR count). The van der Waals surface area contributed by atoms with E-state index in [1.807, 2.05) is 66.7 Å². The zero-order valence-corrected chi connectivity index (χ0v) is 32.1. The number of amides is 4. The second-order valence-electron chi connectivity index (χ2n) is 16.0. The van der Waals surface area contributed by atoms with Gasteiger partial charge in [0.2, 0.25) is 35.4 Å². The van der Waals surface area contributed by atoms with Crippen LogP contribution < -0.4 is 9.80 Å². The van der Waals surface area contributed by atoms with Crippen molar-refractivity contribution >= 4 is 57.2 Å². The molecule has 1 N–H and O–H groups in total. The zero-order valence-electron chi connectivity index (χ0n) is 32.1. The van der Waals surface area contributed by atoms with E-state index in [-0.39, 0.29) is 42.2 Å². The van der Waals surface area contributed by atoms with Crippen LogP contribution in [0, 0.1) is 29.6 Å². The van der Waals surface area contributed by atoms with Crippen LogP contribution in [0.3, 0.4) is 0 Å². The van der Waals surface area contributed by atoms with Gasteiger partial charge >= 0.3 is 0 Å². The minimum Gasteiger partial charge on any atom is -0.507 e. The highest BCUT2D eigenvalue weighted by Crippen LogP contribution is 2.59. The smallest absolute Gasteiger partial charge is 0.238 e. The Morgan fingerprint density at radius 3 is 1.75 bits per heavy atom. The predicted molar refractivity (Wildman–Crippen MR) is 223 cm³/mol. The molecule has 0 radical (unpaired) electrons. The summed E-state index contributed by atoms with van der Waals surface area (Å²) in [7, 11) is 0. The molecule has 60 heavy (non-hydrogen) atoms. The van der Waals surface area contributed by atoms with Gasteiger partial charge in [-0.3, -0.25) is 29.0 Å². The van der Waals surface area contributed by atoms with Crippen molar-refractivity contribution in [1.29, 1.82) is 0 Å². The molecule has 0 bridgehead atoms. The van der Waals surface area contributed by atoms with Gasteiger partial charge in [0, 0.05) is 22.6 Å². The molecule has 2 aliphatic carbocycles. The predicted octanol–water partition coefficient (Wildman–Crippen LogP) is 8.78. The molecule has 11 nitrogen and oxygen atoms in total. The first-order chi connectivity index (χ1) is 29.3. The molecule has 294 valence electrons. The number of aromatic nitrogens is 2. The average molecular weight is 793 g/mol. The Balaban J connectivity index is 0.943. The third kappa shape index (κ3) is 5.35. The summed E-state index contributed by atoms with van der Waals surface area (Å²) in [5.41, 5.74) is 6.91. The number of hydrogen-bond acceptors (Lipinski definition) is 9. The number of oxazole rings is 2. The van der Waals surface area contributed by atoms with Crippen molar-refractivity contribution in [2.45, 2.75) is 25.2 Å². The van der Waals surface area contributed by atoms with Gasteiger partial charge in [0.05, 0.1) is 35.0 Å². The highest BCUT2D eigenvalue weighted by atomic mass is 16.4. The van der Waals surface area contributed by atoms with E-state index in [0.29, 0.717) is 63.0 Å². The monoisotopic (exact) mass is 792 g/mol. The van der Waals surface area contributed by atoms with E-state index in [0.717, 1.165) is 16.6 Å². The number of carbonyl (C=O) groups excluding carboxylic acids is 4. The fourth-order valence-corrected chi connectivity index (χ4v) is 10.1. The van der Waals surface area contributed by atoms with Crippen LogP contribution in [0.4, 0.5) is 11.4 Å². The van der Waals surface area contributed by atoms with E-state index in [9.17, 15) is 24.3 Å². The van der Waals surface area contributed by atoms with Gasteiger partial charge in [0.1, 0.15) is 16.8 Å². The quantitative estimate of drug-likeness (QED) is 0.124. The lowest BCUT2D eigenvalue weighted by atomic mass is 9.57. The van der Waals surface area contributed by atoms with Crippen molar-refractivity contribution in [3.63, 3.8) is 0 Å². The SMILES string of the molecule is C=CCc1cccc(C2C3=CCC4C(=O)N(c5ccc(-c6nc7ccccc7o6)cc5)C(=O)C4C3CC3C(=O)N(c4ccc(-c5nc6ccccc6o5)cc4)C(=O)C32)c1O. The molecule has 2 aromatic heterocycles. The van der Waals surface area contributed by atoms with Crippen molar-refractivity contribution in [3.8, 4) is 28.7 Å². The summed E-state index contributed by atoms with van der Waals surface area (Å²) in [5, 5.41) is 11.8. The first-order valence-electron chi connectivity index (χ1n) is 20.1. The molecule has 5 aromatic carbocycles. The second kappa shape index (κ2) is 13.6. The standard InChI is InChI=1S/C49H36N4O7/c1-2-8-26-9-7-10-32(43(26)54)40-31-23-24-33-41(48(57)52(46(33)55)29-19-15-27(16-20-29)44-50-36-11-3-5-13-38(36)59-44)34(31)25-35-42(40)49(58)53(47(35)56)30-21-17-28(18-22-30)45-51-37-12-4-6-14-39(37)60-45/h2-7,9-23,33-35,40-42,54H,1,8,24-25H2. The molecule has 6 atom stereocenters. The highest BCUT2D eigenvalue weighted by molar-refractivity contribution is 6.24. The van der Waals surface area contributed by atoms with E-state index in [1.54, 1.807) is 60.7 Å². The molecule has 0 spiro atoms. The van der Waals surface area contributed by atoms with Crippen molar-refractivity contribution in [2.75, 3.05) is 9.80 Å². The normalized spacial score (nSPS) is 23.6. The zero-order chi connectivity index (χ0) is 40.8. The number of hydrogen-bond donors (Lipinski definition) is 1. The number of benzene rings is 5. The number of para-hydroxylation sites is 5. The number of nitrogens with zero attached hydrogens (tertiary/aromatic N) is 4. The van der Waals surface area contributed by atoms with Crippen LogP contribution in [0.1, 0.15) is 29.9 Å². The molecule has 2 aliphatic heterocycles. The Labute approximate surface area is 343 Å². The molecule has 2 saturated heterocycles. The maximum atomic E-state index is 14.8. The van der Waals surface area contributed by atoms with Crippen LogP contribution in [0.5, 0.6) is 5.75 Å². The third-order valence-corrected chi connectivity index (χ3v) is 12.8. The van der Waals surface area contributed by atoms with Crippen molar-refractivity contribution in [2.24, 2.45) is 29.6 Å². The molecular weight excluding hydrogens is 757 g/mol. The maximum Gasteiger partial charge on any atom is 0.238 e. The van der Waals surface area contributed by atoms with E-state index in [1.165, 1.54) is 9.80 Å². The number of phenolic OH excluding ortho intramolecular Hbond substituents is 1. The van der Waals surface area contributed by atoms with Crippen molar-refractivity contribution < 1.29 is 33.1 Å². The molecular formula is C49H36N4O7. The lowest BCUT2D eigenvalue weighted by molar-refractivity contribution is -0.126. The van der Waals surface area contributed by atoms with Gasteiger partial charge in [-0.2, -0.15) is 0 Å². The van der Waals surface area contributed by atoms with Gasteiger partial charge in [0.15, 0.2) is 11.2 Å². The molecule has 7 aromatic rings. The van der Waals surface area contributed by atoms with E-state index in [2.05, 4.69) is 16.5 Å². The number of fused-ring (bicyclic) bond motifs is 6. The fraction of sp³-hybridized carbons (Fsp3) is 0.184. The third-order valence-electron chi connectivity index (χ3n) is 12.8. The summed E-state index contributed by atoms with van der Waals surface area (Å²) in [6.07, 6.45) is 4.55. The molecule has 4 amide bonds. The number of phenols is 1. The Morgan fingerprint density at radius 2 is 1.18 bits per heavy atom. The number of allylic oxidation sites excluding steroid dienone is 3. The molecule has 4 heterocycles. The van der Waals surface area contributed by atoms with Crippen LogP contribution in [0.2, 0.25) is 0 Å². The number of carbonyl (C=O) groups is 4. The largest absolute Gasteiger partial charge is 0.507 e. The molecule has 11 heteroatoms. The van der Waals surface area contributed by atoms with Gasteiger partial charge in [-0.25, -0.2) is 9.97 Å². The molecule has 1 saturated carbocycles. The van der Waals surface area contributed by atoms with E-state index >= 15 is 0 Å². The first-order valence-corrected chi connectivity index (χ1v) is 20.1. The summed E-state index contributed by atoms with van der Waals surface area (Å²) < 4.78 is 11.9. The average Bonchev–Trinajstić information content (AvgIpc) is 4.03. The number of aromatic hydroxyl groups is 1. The van der Waals surface area contributed by atoms with Gasteiger partial charge in [0.25, 0.3) is 0 Å². The van der Waals surface area contributed by atoms with Crippen LogP contribution in [0.25, 0.3) is 45.1 Å². The van der Waals surface area contributed by atoms with Gasteiger partial charge in [-0.15, -0.1) is 6.58 Å². The number of imide groups is 2. The van der Waals surface area contributed by atoms with Gasteiger partial charge in [-0.1, -0.05) is 60.2 Å². The van der Waals surface area contributed by atoms with Gasteiger partial charge < -0.3 is 13.9 Å². The summed E-state index contributed by atoms with van der Waals surface area (Å²) in [5.74, 6) is -4.85. The van der Waals surface area contributed by atoms with Crippen molar-refractivity contribution in [3.05, 3.63) is 151 Å². The molecule has 4 aliphatic rings. The van der Waals surface area contributed by atoms with Crippen LogP contribution >= 0.6 is 0 Å². The Kier molecular flexibility index (Phi) is 8.09. The Bertz CT molecular complexity index is 2910. The number of rotatable bonds is 7. The molecule has 6 unspecified atom stereocenters. The van der Waals surface area contributed by atoms with E-state index < -0.39 is 35.5 Å². The van der Waals surface area contributed by atoms with Gasteiger partial charge in [-0.05, 0) is 104 Å². The fourth-order valence-electron chi connectivity index (χ4n) is 10.1. The van der Waals surface area contributed by atoms with Crippen LogP contribution in [-0.2, 0) is 25.6 Å². The Morgan fingerprint density at radius 1 is 0.633 bits per heavy atom. The van der Waals surface area contributed by atoms with Crippen LogP contribution in [0.15, 0.2) is 148 Å². The highest BCUT2D eigenvalue weighted by Gasteiger charge is 2.62.